The Kier molecular flexibility index (Phi) is 4.86. The molecule has 0 aromatic rings. The van der Waals surface area contributed by atoms with Crippen LogP contribution in [0.3, 0.4) is 0 Å². The molecule has 0 radical (unpaired) electrons. The fourth-order valence-electron chi connectivity index (χ4n) is 0.575. The van der Waals surface area contributed by atoms with Gasteiger partial charge in [0.25, 0.3) is 0 Å². The van der Waals surface area contributed by atoms with E-state index in [9.17, 15) is 0 Å². The van der Waals surface area contributed by atoms with Crippen LogP contribution in [-0.4, -0.2) is 0 Å². The molecule has 0 saturated heterocycles. The Morgan fingerprint density at radius 3 is 2.55 bits per heavy atom. The van der Waals surface area contributed by atoms with Gasteiger partial charge >= 0.3 is 0 Å². The van der Waals surface area contributed by atoms with Crippen LogP contribution in [0, 0.1) is 0 Å². The lowest BCUT2D eigenvalue weighted by Gasteiger charge is -1.98. The summed E-state index contributed by atoms with van der Waals surface area (Å²) >= 11 is 0. The van der Waals surface area contributed by atoms with Gasteiger partial charge in [-0.05, 0) is 18.1 Å². The average molecular weight is 150 g/mol. The number of nitrogens with two attached hydrogens (primary N) is 1. The molecule has 0 fully saturated rings. The molecule has 0 aliphatic rings. The summed E-state index contributed by atoms with van der Waals surface area (Å²) in [4.78, 5) is 0. The largest absolute Gasteiger partial charge is 0.331 e. The summed E-state index contributed by atoms with van der Waals surface area (Å²) in [6.45, 7) is 9.25. The summed E-state index contributed by atoms with van der Waals surface area (Å²) in [6.07, 6.45) is 7.10. The van der Waals surface area contributed by atoms with Gasteiger partial charge in [-0.25, -0.2) is 0 Å². The van der Waals surface area contributed by atoms with Crippen molar-refractivity contribution in [3.63, 3.8) is 0 Å². The molecule has 0 aromatic carbocycles. The van der Waals surface area contributed by atoms with Crippen molar-refractivity contribution in [2.24, 2.45) is 5.84 Å². The molecule has 11 heavy (non-hydrogen) atoms. The lowest BCUT2D eigenvalue weighted by Crippen LogP contribution is -2.14. The zero-order valence-electron chi connectivity index (χ0n) is 6.80. The van der Waals surface area contributed by atoms with E-state index in [1.165, 1.54) is 0 Å². The Morgan fingerprint density at radius 1 is 1.55 bits per heavy atom. The molecule has 0 atom stereocenters. The van der Waals surface area contributed by atoms with E-state index in [0.29, 0.717) is 0 Å². The Hall–Kier alpha value is -1.28. The molecule has 3 N–H and O–H groups in total. The topological polar surface area (TPSA) is 38.0 Å². The quantitative estimate of drug-likeness (QED) is 0.363. The van der Waals surface area contributed by atoms with Crippen LogP contribution in [0.25, 0.3) is 0 Å². The van der Waals surface area contributed by atoms with E-state index in [4.69, 9.17) is 5.84 Å². The third-order valence-electron chi connectivity index (χ3n) is 1.14. The van der Waals surface area contributed by atoms with Crippen LogP contribution < -0.4 is 11.3 Å². The number of hydrogen-bond acceptors (Lipinski definition) is 2. The van der Waals surface area contributed by atoms with E-state index in [2.05, 4.69) is 18.6 Å². The molecule has 0 rings (SSSR count). The van der Waals surface area contributed by atoms with E-state index >= 15 is 0 Å². The van der Waals surface area contributed by atoms with Crippen LogP contribution in [0.4, 0.5) is 0 Å². The summed E-state index contributed by atoms with van der Waals surface area (Å²) in [5.74, 6) is 5.11. The molecule has 2 nitrogen and oxygen atoms in total. The molecule has 0 unspecified atom stereocenters. The molecule has 0 heterocycles. The van der Waals surface area contributed by atoms with E-state index in [-0.39, 0.29) is 0 Å². The first-order valence-corrected chi connectivity index (χ1v) is 3.33. The third-order valence-corrected chi connectivity index (χ3v) is 1.14. The highest BCUT2D eigenvalue weighted by atomic mass is 15.2. The van der Waals surface area contributed by atoms with Gasteiger partial charge in [0, 0.05) is 6.20 Å². The zero-order valence-corrected chi connectivity index (χ0v) is 6.80. The lowest BCUT2D eigenvalue weighted by molar-refractivity contribution is 0.958. The van der Waals surface area contributed by atoms with Crippen molar-refractivity contribution in [2.75, 3.05) is 0 Å². The van der Waals surface area contributed by atoms with Crippen LogP contribution in [0.2, 0.25) is 0 Å². The molecule has 60 valence electrons. The van der Waals surface area contributed by atoms with Crippen LogP contribution in [0.1, 0.15) is 6.92 Å². The molecule has 0 amide bonds. The fourth-order valence-corrected chi connectivity index (χ4v) is 0.575. The zero-order chi connectivity index (χ0) is 8.69. The van der Waals surface area contributed by atoms with Crippen molar-refractivity contribution in [1.29, 1.82) is 0 Å². The first kappa shape index (κ1) is 9.72. The van der Waals surface area contributed by atoms with E-state index in [1.807, 2.05) is 19.1 Å². The monoisotopic (exact) mass is 150 g/mol. The third kappa shape index (κ3) is 4.17. The van der Waals surface area contributed by atoms with Crippen molar-refractivity contribution in [3.8, 4) is 0 Å². The number of rotatable bonds is 4. The second-order valence-corrected chi connectivity index (χ2v) is 2.14. The maximum absolute atomic E-state index is 5.11. The Balaban J connectivity index is 4.35. The number of nitrogens with one attached hydrogen (secondary N) is 1. The molecule has 0 aliphatic carbocycles. The van der Waals surface area contributed by atoms with Gasteiger partial charge in [-0.15, -0.1) is 0 Å². The highest BCUT2D eigenvalue weighted by Crippen LogP contribution is 2.06. The minimum atomic E-state index is 0.959. The second-order valence-electron chi connectivity index (χ2n) is 2.14. The SMILES string of the molecule is C=C/C=C\C(=C\NN)C(=C)C. The standard InChI is InChI=1S/C9H14N2/c1-4-5-6-9(7-11-10)8(2)3/h4-7,11H,1-2,10H2,3H3/b6-5-,9-7-. The van der Waals surface area contributed by atoms with Crippen LogP contribution in [0.5, 0.6) is 0 Å². The summed E-state index contributed by atoms with van der Waals surface area (Å²) in [5.41, 5.74) is 4.37. The molecular weight excluding hydrogens is 136 g/mol. The minimum Gasteiger partial charge on any atom is -0.331 e. The van der Waals surface area contributed by atoms with E-state index < -0.39 is 0 Å². The summed E-state index contributed by atoms with van der Waals surface area (Å²) in [6, 6.07) is 0. The van der Waals surface area contributed by atoms with Gasteiger partial charge in [0.2, 0.25) is 0 Å². The van der Waals surface area contributed by atoms with Crippen LogP contribution >= 0.6 is 0 Å². The second kappa shape index (κ2) is 5.50. The number of hydrazine groups is 1. The number of hydrogen-bond donors (Lipinski definition) is 2. The van der Waals surface area contributed by atoms with Gasteiger partial charge in [0.05, 0.1) is 0 Å². The van der Waals surface area contributed by atoms with Crippen molar-refractivity contribution in [2.45, 2.75) is 6.92 Å². The lowest BCUT2D eigenvalue weighted by atomic mass is 10.1. The number of allylic oxidation sites excluding steroid dienone is 5. The van der Waals surface area contributed by atoms with E-state index in [1.54, 1.807) is 12.3 Å². The molecule has 0 aliphatic heterocycles. The molecular formula is C9H14N2. The van der Waals surface area contributed by atoms with Crippen molar-refractivity contribution in [1.82, 2.24) is 5.43 Å². The molecule has 0 aromatic heterocycles. The molecule has 2 heteroatoms. The fraction of sp³-hybridized carbons (Fsp3) is 0.111. The predicted octanol–water partition coefficient (Wildman–Crippen LogP) is 1.65. The minimum absolute atomic E-state index is 0.959. The maximum atomic E-state index is 5.11. The van der Waals surface area contributed by atoms with Crippen molar-refractivity contribution >= 4 is 0 Å². The first-order valence-electron chi connectivity index (χ1n) is 3.33. The van der Waals surface area contributed by atoms with Crippen molar-refractivity contribution in [3.05, 3.63) is 48.7 Å². The molecule has 0 bridgehead atoms. The van der Waals surface area contributed by atoms with Crippen LogP contribution in [-0.2, 0) is 0 Å². The normalized spacial score (nSPS) is 11.6. The van der Waals surface area contributed by atoms with Gasteiger partial charge in [-0.2, -0.15) is 0 Å². The van der Waals surface area contributed by atoms with Gasteiger partial charge < -0.3 is 5.43 Å². The first-order chi connectivity index (χ1) is 5.22. The summed E-state index contributed by atoms with van der Waals surface area (Å²) < 4.78 is 0. The molecule has 0 saturated carbocycles. The van der Waals surface area contributed by atoms with Crippen molar-refractivity contribution < 1.29 is 0 Å². The smallest absolute Gasteiger partial charge is 0.0198 e. The van der Waals surface area contributed by atoms with Gasteiger partial charge in [-0.3, -0.25) is 5.84 Å². The Morgan fingerprint density at radius 2 is 2.18 bits per heavy atom. The Labute approximate surface area is 67.8 Å². The van der Waals surface area contributed by atoms with Gasteiger partial charge in [0.1, 0.15) is 0 Å². The maximum Gasteiger partial charge on any atom is 0.0198 e. The Bertz CT molecular complexity index is 200. The molecule has 0 spiro atoms. The van der Waals surface area contributed by atoms with Gasteiger partial charge in [-0.1, -0.05) is 31.4 Å². The highest BCUT2D eigenvalue weighted by Gasteiger charge is 1.89. The predicted molar refractivity (Wildman–Crippen MR) is 49.6 cm³/mol. The summed E-state index contributed by atoms with van der Waals surface area (Å²) in [5, 5.41) is 0. The van der Waals surface area contributed by atoms with Gasteiger partial charge in [0.15, 0.2) is 0 Å². The summed E-state index contributed by atoms with van der Waals surface area (Å²) in [7, 11) is 0. The van der Waals surface area contributed by atoms with Crippen LogP contribution in [0.15, 0.2) is 48.7 Å². The highest BCUT2D eigenvalue weighted by molar-refractivity contribution is 5.36. The van der Waals surface area contributed by atoms with E-state index in [0.717, 1.165) is 11.1 Å². The average Bonchev–Trinajstić information content (AvgIpc) is 1.97.